The van der Waals surface area contributed by atoms with Gasteiger partial charge in [0.15, 0.2) is 10.8 Å². The first-order valence-corrected chi connectivity index (χ1v) is 12.0. The van der Waals surface area contributed by atoms with Crippen LogP contribution in [-0.4, -0.2) is 73.1 Å². The van der Waals surface area contributed by atoms with E-state index in [0.717, 1.165) is 15.9 Å². The first kappa shape index (κ1) is 25.8. The van der Waals surface area contributed by atoms with Gasteiger partial charge in [0.05, 0.1) is 6.04 Å². The number of hydrogen-bond donors (Lipinski definition) is 4. The van der Waals surface area contributed by atoms with Crippen molar-refractivity contribution >= 4 is 50.3 Å². The predicted molar refractivity (Wildman–Crippen MR) is 121 cm³/mol. The molecule has 35 heavy (non-hydrogen) atoms. The number of β-lactam (4-membered cyclic amide) rings is 1. The Kier molecular flexibility index (Phi) is 6.95. The molecule has 0 aliphatic carbocycles. The smallest absolute Gasteiger partial charge is 0.362 e. The highest BCUT2D eigenvalue weighted by Gasteiger charge is 2.54. The van der Waals surface area contributed by atoms with Crippen molar-refractivity contribution in [3.05, 3.63) is 45.8 Å². The monoisotopic (exact) mass is 528 g/mol. The molecule has 0 aromatic carbocycles. The molecule has 2 atom stereocenters. The first-order valence-electron chi connectivity index (χ1n) is 9.70. The van der Waals surface area contributed by atoms with Crippen LogP contribution in [0.1, 0.15) is 19.5 Å². The third-order valence-corrected chi connectivity index (χ3v) is 6.47. The number of nitrogens with two attached hydrogens (primary N) is 1. The van der Waals surface area contributed by atoms with Crippen LogP contribution in [0.15, 0.2) is 39.7 Å². The average molecular weight is 529 g/mol. The van der Waals surface area contributed by atoms with Gasteiger partial charge in [-0.3, -0.25) is 18.9 Å². The zero-order valence-electron chi connectivity index (χ0n) is 18.2. The SMILES string of the molecule is CC(C)(O/N=C(/C(=O)N[C@@H]1C(=O)N(S(=O)(=O)O)[C@@H]1Cn1ccccc1=O)c1csc(N)n1)C(=O)O. The molecule has 2 aromatic heterocycles. The van der Waals surface area contributed by atoms with E-state index >= 15 is 0 Å². The normalized spacial score (nSPS) is 18.7. The number of carboxylic acid groups (broad SMARTS) is 1. The van der Waals surface area contributed by atoms with Gasteiger partial charge in [-0.2, -0.15) is 8.42 Å². The lowest BCUT2D eigenvalue weighted by Crippen LogP contribution is -2.73. The van der Waals surface area contributed by atoms with E-state index in [1.54, 1.807) is 0 Å². The summed E-state index contributed by atoms with van der Waals surface area (Å²) in [4.78, 5) is 57.8. The lowest BCUT2D eigenvalue weighted by molar-refractivity contribution is -0.161. The van der Waals surface area contributed by atoms with Crippen LogP contribution in [-0.2, 0) is 36.1 Å². The van der Waals surface area contributed by atoms with Crippen molar-refractivity contribution < 1.29 is 37.3 Å². The maximum absolute atomic E-state index is 13.0. The molecule has 0 bridgehead atoms. The Morgan fingerprint density at radius 1 is 1.34 bits per heavy atom. The molecule has 1 aliphatic heterocycles. The molecule has 3 rings (SSSR count). The number of pyridine rings is 1. The molecule has 3 heterocycles. The molecule has 2 aromatic rings. The molecule has 0 unspecified atom stereocenters. The van der Waals surface area contributed by atoms with E-state index in [1.165, 1.54) is 43.6 Å². The molecule has 1 fully saturated rings. The van der Waals surface area contributed by atoms with Crippen molar-refractivity contribution in [3.63, 3.8) is 0 Å². The quantitative estimate of drug-likeness (QED) is 0.129. The fraction of sp³-hybridized carbons (Fsp3) is 0.333. The van der Waals surface area contributed by atoms with Crippen molar-refractivity contribution in [3.8, 4) is 0 Å². The standard InChI is InChI=1S/C18H20N6O9S2/c1-18(2,16(28)29)33-22-12(9-8-34-17(19)20-9)14(26)21-13-10(24(15(13)27)35(30,31)32)7-23-6-4-3-5-11(23)25/h3-6,8,10,13H,7H2,1-2H3,(H2,19,20)(H,21,26)(H,28,29)(H,30,31,32)/b22-12+/t10-,13+/m1/s1. The summed E-state index contributed by atoms with van der Waals surface area (Å²) in [6.07, 6.45) is 1.33. The molecule has 0 radical (unpaired) electrons. The zero-order chi connectivity index (χ0) is 26.1. The van der Waals surface area contributed by atoms with Gasteiger partial charge in [0, 0.05) is 24.2 Å². The van der Waals surface area contributed by atoms with Crippen LogP contribution in [0, 0.1) is 0 Å². The number of carbonyl (C=O) groups is 3. The van der Waals surface area contributed by atoms with Crippen LogP contribution in [0.4, 0.5) is 5.13 Å². The fourth-order valence-corrected chi connectivity index (χ4v) is 4.38. The number of thiazole rings is 1. The van der Waals surface area contributed by atoms with Crippen LogP contribution in [0.2, 0.25) is 0 Å². The number of rotatable bonds is 9. The predicted octanol–water partition coefficient (Wildman–Crippen LogP) is -1.33. The summed E-state index contributed by atoms with van der Waals surface area (Å²) in [6, 6.07) is 1.28. The molecule has 17 heteroatoms. The van der Waals surface area contributed by atoms with E-state index < -0.39 is 57.0 Å². The summed E-state index contributed by atoms with van der Waals surface area (Å²) in [6.45, 7) is 1.97. The Bertz CT molecular complexity index is 1360. The third kappa shape index (κ3) is 5.47. The largest absolute Gasteiger partial charge is 0.478 e. The highest BCUT2D eigenvalue weighted by molar-refractivity contribution is 7.84. The number of aliphatic carboxylic acids is 1. The first-order chi connectivity index (χ1) is 16.2. The van der Waals surface area contributed by atoms with E-state index in [-0.39, 0.29) is 21.7 Å². The van der Waals surface area contributed by atoms with Crippen molar-refractivity contribution in [2.75, 3.05) is 5.73 Å². The molecule has 1 saturated heterocycles. The van der Waals surface area contributed by atoms with Gasteiger partial charge < -0.3 is 25.6 Å². The Balaban J connectivity index is 1.92. The van der Waals surface area contributed by atoms with Gasteiger partial charge in [-0.15, -0.1) is 11.3 Å². The second-order valence-electron chi connectivity index (χ2n) is 7.74. The third-order valence-electron chi connectivity index (χ3n) is 4.85. The number of anilines is 1. The van der Waals surface area contributed by atoms with E-state index in [1.807, 2.05) is 0 Å². The molecule has 0 saturated carbocycles. The van der Waals surface area contributed by atoms with Crippen LogP contribution in [0.25, 0.3) is 0 Å². The van der Waals surface area contributed by atoms with Crippen molar-refractivity contribution in [1.29, 1.82) is 0 Å². The van der Waals surface area contributed by atoms with Crippen LogP contribution in [0.5, 0.6) is 0 Å². The summed E-state index contributed by atoms with van der Waals surface area (Å²) >= 11 is 0.945. The number of nitrogen functional groups attached to an aromatic ring is 1. The van der Waals surface area contributed by atoms with Gasteiger partial charge in [-0.25, -0.2) is 14.1 Å². The minimum atomic E-state index is -5.00. The van der Waals surface area contributed by atoms with Gasteiger partial charge in [0.1, 0.15) is 11.7 Å². The topological polar surface area (TPSA) is 224 Å². The maximum Gasteiger partial charge on any atom is 0.362 e. The molecule has 188 valence electrons. The zero-order valence-corrected chi connectivity index (χ0v) is 19.8. The Morgan fingerprint density at radius 3 is 2.57 bits per heavy atom. The number of nitrogens with one attached hydrogen (secondary N) is 1. The maximum atomic E-state index is 13.0. The van der Waals surface area contributed by atoms with E-state index in [4.69, 9.17) is 10.6 Å². The summed E-state index contributed by atoms with van der Waals surface area (Å²) in [5.74, 6) is -3.63. The number of amides is 2. The van der Waals surface area contributed by atoms with Crippen LogP contribution < -0.4 is 16.6 Å². The summed E-state index contributed by atoms with van der Waals surface area (Å²) < 4.78 is 34.1. The minimum absolute atomic E-state index is 0.0524. The number of carboxylic acids is 1. The van der Waals surface area contributed by atoms with Gasteiger partial charge in [0.2, 0.25) is 5.60 Å². The van der Waals surface area contributed by atoms with Crippen molar-refractivity contribution in [2.24, 2.45) is 5.16 Å². The van der Waals surface area contributed by atoms with E-state index in [2.05, 4.69) is 15.5 Å². The van der Waals surface area contributed by atoms with Crippen molar-refractivity contribution in [1.82, 2.24) is 19.2 Å². The van der Waals surface area contributed by atoms with Gasteiger partial charge in [0.25, 0.3) is 17.4 Å². The van der Waals surface area contributed by atoms with Crippen molar-refractivity contribution in [2.45, 2.75) is 38.1 Å². The lowest BCUT2D eigenvalue weighted by atomic mass is 9.98. The minimum Gasteiger partial charge on any atom is -0.478 e. The lowest BCUT2D eigenvalue weighted by Gasteiger charge is -2.44. The number of hydrogen-bond acceptors (Lipinski definition) is 11. The second-order valence-corrected chi connectivity index (χ2v) is 9.92. The van der Waals surface area contributed by atoms with E-state index in [9.17, 15) is 37.3 Å². The molecular weight excluding hydrogens is 508 g/mol. The summed E-state index contributed by atoms with van der Waals surface area (Å²) in [5, 5.41) is 16.5. The Labute approximate surface area is 201 Å². The number of nitrogens with zero attached hydrogens (tertiary/aromatic N) is 4. The van der Waals surface area contributed by atoms with Gasteiger partial charge in [-0.05, 0) is 19.9 Å². The van der Waals surface area contributed by atoms with Crippen LogP contribution in [0.3, 0.4) is 0 Å². The molecule has 0 spiro atoms. The van der Waals surface area contributed by atoms with Crippen LogP contribution >= 0.6 is 11.3 Å². The Hall–Kier alpha value is -3.83. The molecule has 2 amide bonds. The highest BCUT2D eigenvalue weighted by Crippen LogP contribution is 2.25. The Morgan fingerprint density at radius 2 is 2.03 bits per heavy atom. The van der Waals surface area contributed by atoms with Gasteiger partial charge in [-0.1, -0.05) is 11.2 Å². The number of aromatic nitrogens is 2. The highest BCUT2D eigenvalue weighted by atomic mass is 32.2. The fourth-order valence-electron chi connectivity index (χ4n) is 2.96. The summed E-state index contributed by atoms with van der Waals surface area (Å²) in [5.41, 5.74) is 2.60. The molecular formula is C18H20N6O9S2. The van der Waals surface area contributed by atoms with Gasteiger partial charge >= 0.3 is 16.3 Å². The number of oxime groups is 1. The molecule has 5 N–H and O–H groups in total. The number of carbonyl (C=O) groups excluding carboxylic acids is 2. The average Bonchev–Trinajstić information content (AvgIpc) is 3.17. The summed E-state index contributed by atoms with van der Waals surface area (Å²) in [7, 11) is -5.00. The van der Waals surface area contributed by atoms with E-state index in [0.29, 0.717) is 0 Å². The molecule has 15 nitrogen and oxygen atoms in total. The molecule has 1 aliphatic rings. The second kappa shape index (κ2) is 9.43.